The van der Waals surface area contributed by atoms with Gasteiger partial charge in [0.1, 0.15) is 5.75 Å². The summed E-state index contributed by atoms with van der Waals surface area (Å²) in [4.78, 5) is 0. The van der Waals surface area contributed by atoms with Crippen LogP contribution in [0.2, 0.25) is 0 Å². The maximum absolute atomic E-state index is 10.1. The van der Waals surface area contributed by atoms with E-state index in [1.54, 1.807) is 0 Å². The lowest BCUT2D eigenvalue weighted by Gasteiger charge is -2.36. The molecule has 1 N–H and O–H groups in total. The van der Waals surface area contributed by atoms with E-state index in [0.29, 0.717) is 12.5 Å². The van der Waals surface area contributed by atoms with Gasteiger partial charge in [-0.1, -0.05) is 102 Å². The number of aliphatic hydroxyl groups is 1. The SMILES string of the molecule is CCCCCCC1(C#N)CCCC(c2ccc(-c3ccc(OC(CCC)CCCCCCO)cc3)cc2)C1. The fraction of sp³-hybridized carbons (Fsp3) is 0.629. The first-order valence-corrected chi connectivity index (χ1v) is 15.5. The third-order valence-corrected chi connectivity index (χ3v) is 8.51. The van der Waals surface area contributed by atoms with Gasteiger partial charge in [-0.05, 0) is 86.1 Å². The molecule has 38 heavy (non-hydrogen) atoms. The van der Waals surface area contributed by atoms with Crippen LogP contribution in [-0.2, 0) is 0 Å². The maximum Gasteiger partial charge on any atom is 0.119 e. The van der Waals surface area contributed by atoms with Crippen LogP contribution in [0.4, 0.5) is 0 Å². The molecule has 3 unspecified atom stereocenters. The Morgan fingerprint density at radius 1 is 0.868 bits per heavy atom. The van der Waals surface area contributed by atoms with Gasteiger partial charge in [-0.2, -0.15) is 5.26 Å². The lowest BCUT2D eigenvalue weighted by Crippen LogP contribution is -2.26. The van der Waals surface area contributed by atoms with Crippen molar-refractivity contribution < 1.29 is 9.84 Å². The average Bonchev–Trinajstić information content (AvgIpc) is 2.96. The van der Waals surface area contributed by atoms with Gasteiger partial charge in [-0.3, -0.25) is 0 Å². The zero-order valence-corrected chi connectivity index (χ0v) is 24.1. The third-order valence-electron chi connectivity index (χ3n) is 8.51. The van der Waals surface area contributed by atoms with Gasteiger partial charge in [0.05, 0.1) is 17.6 Å². The van der Waals surface area contributed by atoms with Gasteiger partial charge in [0.15, 0.2) is 0 Å². The van der Waals surface area contributed by atoms with Crippen LogP contribution >= 0.6 is 0 Å². The number of hydrogen-bond acceptors (Lipinski definition) is 3. The van der Waals surface area contributed by atoms with Crippen LogP contribution in [0.5, 0.6) is 5.75 Å². The summed E-state index contributed by atoms with van der Waals surface area (Å²) in [5, 5.41) is 19.0. The van der Waals surface area contributed by atoms with Gasteiger partial charge in [-0.15, -0.1) is 0 Å². The van der Waals surface area contributed by atoms with Crippen molar-refractivity contribution in [1.29, 1.82) is 5.26 Å². The fourth-order valence-electron chi connectivity index (χ4n) is 6.21. The van der Waals surface area contributed by atoms with Crippen LogP contribution in [0.15, 0.2) is 48.5 Å². The first kappa shape index (κ1) is 30.2. The molecule has 3 nitrogen and oxygen atoms in total. The van der Waals surface area contributed by atoms with Gasteiger partial charge in [0.25, 0.3) is 0 Å². The Morgan fingerprint density at radius 3 is 2.21 bits per heavy atom. The van der Waals surface area contributed by atoms with Crippen molar-refractivity contribution in [2.24, 2.45) is 5.41 Å². The van der Waals surface area contributed by atoms with Crippen LogP contribution in [-0.4, -0.2) is 17.8 Å². The number of nitrogens with zero attached hydrogens (tertiary/aromatic N) is 1. The summed E-state index contributed by atoms with van der Waals surface area (Å²) >= 11 is 0. The second-order valence-electron chi connectivity index (χ2n) is 11.6. The number of nitriles is 1. The smallest absolute Gasteiger partial charge is 0.119 e. The Hall–Kier alpha value is -2.31. The summed E-state index contributed by atoms with van der Waals surface area (Å²) in [7, 11) is 0. The molecule has 2 aromatic carbocycles. The summed E-state index contributed by atoms with van der Waals surface area (Å²) < 4.78 is 6.35. The second-order valence-corrected chi connectivity index (χ2v) is 11.6. The second kappa shape index (κ2) is 16.6. The largest absolute Gasteiger partial charge is 0.490 e. The lowest BCUT2D eigenvalue weighted by molar-refractivity contribution is 0.175. The van der Waals surface area contributed by atoms with E-state index >= 15 is 0 Å². The van der Waals surface area contributed by atoms with Crippen LogP contribution in [0.3, 0.4) is 0 Å². The minimum atomic E-state index is -0.125. The van der Waals surface area contributed by atoms with Gasteiger partial charge >= 0.3 is 0 Å². The molecule has 0 bridgehead atoms. The minimum absolute atomic E-state index is 0.125. The standard InChI is InChI=1S/C35H51NO2/c1-3-5-6-10-24-35(28-36)25-12-14-32(27-35)31-18-16-29(17-19-31)30-20-22-34(23-21-30)38-33(13-4-2)15-9-7-8-11-26-37/h16-23,32-33,37H,3-15,24-27H2,1-2H3. The molecule has 0 saturated heterocycles. The predicted octanol–water partition coefficient (Wildman–Crippen LogP) is 9.98. The number of ether oxygens (including phenoxy) is 1. The highest BCUT2D eigenvalue weighted by atomic mass is 16.5. The molecule has 3 heteroatoms. The van der Waals surface area contributed by atoms with Crippen molar-refractivity contribution in [3.8, 4) is 22.9 Å². The van der Waals surface area contributed by atoms with E-state index in [9.17, 15) is 5.26 Å². The molecule has 3 atom stereocenters. The Kier molecular flexibility index (Phi) is 13.2. The Bertz CT molecular complexity index is 945. The highest BCUT2D eigenvalue weighted by molar-refractivity contribution is 5.64. The third kappa shape index (κ3) is 9.46. The summed E-state index contributed by atoms with van der Waals surface area (Å²) in [5.41, 5.74) is 3.71. The van der Waals surface area contributed by atoms with Crippen molar-refractivity contribution in [1.82, 2.24) is 0 Å². The Balaban J connectivity index is 1.56. The van der Waals surface area contributed by atoms with Gasteiger partial charge in [0.2, 0.25) is 0 Å². The molecule has 3 rings (SSSR count). The van der Waals surface area contributed by atoms with Crippen LogP contribution in [0, 0.1) is 16.7 Å². The predicted molar refractivity (Wildman–Crippen MR) is 159 cm³/mol. The molecule has 1 fully saturated rings. The average molecular weight is 518 g/mol. The topological polar surface area (TPSA) is 53.2 Å². The highest BCUT2D eigenvalue weighted by Gasteiger charge is 2.36. The molecule has 0 aromatic heterocycles. The first-order chi connectivity index (χ1) is 18.6. The normalized spacial score (nSPS) is 20.1. The number of unbranched alkanes of at least 4 members (excludes halogenated alkanes) is 6. The summed E-state index contributed by atoms with van der Waals surface area (Å²) in [6.45, 7) is 4.76. The fourth-order valence-corrected chi connectivity index (χ4v) is 6.21. The molecular formula is C35H51NO2. The first-order valence-electron chi connectivity index (χ1n) is 15.5. The van der Waals surface area contributed by atoms with E-state index in [1.165, 1.54) is 48.8 Å². The van der Waals surface area contributed by atoms with E-state index in [0.717, 1.165) is 76.4 Å². The summed E-state index contributed by atoms with van der Waals surface area (Å²) in [6, 6.07) is 20.4. The number of rotatable bonds is 17. The van der Waals surface area contributed by atoms with Gasteiger partial charge in [0, 0.05) is 6.61 Å². The molecule has 208 valence electrons. The Morgan fingerprint density at radius 2 is 1.55 bits per heavy atom. The lowest BCUT2D eigenvalue weighted by atomic mass is 9.66. The molecular weight excluding hydrogens is 466 g/mol. The number of benzene rings is 2. The Labute approximate surface area is 232 Å². The van der Waals surface area contributed by atoms with Gasteiger partial charge in [-0.25, -0.2) is 0 Å². The van der Waals surface area contributed by atoms with Crippen molar-refractivity contribution >= 4 is 0 Å². The van der Waals surface area contributed by atoms with Crippen molar-refractivity contribution in [3.05, 3.63) is 54.1 Å². The summed E-state index contributed by atoms with van der Waals surface area (Å²) in [6.07, 6.45) is 18.4. The molecule has 1 aliphatic carbocycles. The van der Waals surface area contributed by atoms with Crippen molar-refractivity contribution in [3.63, 3.8) is 0 Å². The van der Waals surface area contributed by atoms with Crippen molar-refractivity contribution in [2.75, 3.05) is 6.61 Å². The zero-order chi connectivity index (χ0) is 27.1. The number of hydrogen-bond donors (Lipinski definition) is 1. The summed E-state index contributed by atoms with van der Waals surface area (Å²) in [5.74, 6) is 1.45. The highest BCUT2D eigenvalue weighted by Crippen LogP contribution is 2.46. The van der Waals surface area contributed by atoms with E-state index in [4.69, 9.17) is 9.84 Å². The maximum atomic E-state index is 10.1. The quantitative estimate of drug-likeness (QED) is 0.212. The molecule has 0 aliphatic heterocycles. The molecule has 0 radical (unpaired) electrons. The molecule has 1 aliphatic rings. The minimum Gasteiger partial charge on any atom is -0.490 e. The number of aliphatic hydroxyl groups excluding tert-OH is 1. The molecule has 0 spiro atoms. The molecule has 0 heterocycles. The van der Waals surface area contributed by atoms with E-state index in [1.807, 2.05) is 0 Å². The van der Waals surface area contributed by atoms with Crippen molar-refractivity contribution in [2.45, 2.75) is 129 Å². The molecule has 2 aromatic rings. The molecule has 1 saturated carbocycles. The van der Waals surface area contributed by atoms with Crippen LogP contribution in [0.25, 0.3) is 11.1 Å². The zero-order valence-electron chi connectivity index (χ0n) is 24.1. The monoisotopic (exact) mass is 517 g/mol. The van der Waals surface area contributed by atoms with Gasteiger partial charge < -0.3 is 9.84 Å². The van der Waals surface area contributed by atoms with Crippen LogP contribution in [0.1, 0.15) is 128 Å². The van der Waals surface area contributed by atoms with E-state index in [-0.39, 0.29) is 11.5 Å². The van der Waals surface area contributed by atoms with E-state index < -0.39 is 0 Å². The molecule has 0 amide bonds. The van der Waals surface area contributed by atoms with E-state index in [2.05, 4.69) is 68.4 Å². The van der Waals surface area contributed by atoms with Crippen LogP contribution < -0.4 is 4.74 Å².